The zero-order valence-corrected chi connectivity index (χ0v) is 13.4. The minimum Gasteiger partial charge on any atom is -0.496 e. The maximum atomic E-state index is 12.6. The smallest absolute Gasteiger partial charge is 0.227 e. The number of nitrogens with zero attached hydrogens (tertiary/aromatic N) is 1. The van der Waals surface area contributed by atoms with Gasteiger partial charge < -0.3 is 15.0 Å². The Hall–Kier alpha value is -1.55. The third kappa shape index (κ3) is 3.27. The minimum absolute atomic E-state index is 0.230. The number of amides is 1. The number of methoxy groups -OCH3 is 1. The molecular weight excluding hydrogens is 276 g/mol. The summed E-state index contributed by atoms with van der Waals surface area (Å²) in [7, 11) is 1.66. The van der Waals surface area contributed by atoms with Gasteiger partial charge in [-0.1, -0.05) is 18.2 Å². The van der Waals surface area contributed by atoms with Gasteiger partial charge in [0, 0.05) is 18.7 Å². The van der Waals surface area contributed by atoms with E-state index in [0.29, 0.717) is 11.8 Å². The first-order chi connectivity index (χ1) is 10.7. The maximum Gasteiger partial charge on any atom is 0.227 e. The van der Waals surface area contributed by atoms with E-state index in [9.17, 15) is 4.79 Å². The average Bonchev–Trinajstić information content (AvgIpc) is 2.57. The number of likely N-dealkylation sites (tertiary alicyclic amines) is 1. The van der Waals surface area contributed by atoms with Crippen LogP contribution < -0.4 is 10.1 Å². The molecule has 2 heterocycles. The molecule has 0 atom stereocenters. The first-order valence-corrected chi connectivity index (χ1v) is 8.33. The van der Waals surface area contributed by atoms with Gasteiger partial charge >= 0.3 is 0 Å². The van der Waals surface area contributed by atoms with Crippen molar-refractivity contribution in [2.24, 2.45) is 5.41 Å². The molecule has 120 valence electrons. The number of piperidine rings is 2. The van der Waals surface area contributed by atoms with E-state index in [1.807, 2.05) is 29.2 Å². The fourth-order valence-corrected chi connectivity index (χ4v) is 3.81. The molecule has 3 rings (SSSR count). The number of carbonyl (C=O) groups is 1. The van der Waals surface area contributed by atoms with Gasteiger partial charge in [0.1, 0.15) is 5.75 Å². The summed E-state index contributed by atoms with van der Waals surface area (Å²) < 4.78 is 5.35. The number of ether oxygens (including phenoxy) is 1. The second kappa shape index (κ2) is 6.69. The third-order valence-corrected chi connectivity index (χ3v) is 5.38. The number of para-hydroxylation sites is 1. The van der Waals surface area contributed by atoms with Crippen LogP contribution in [-0.2, 0) is 11.2 Å². The molecule has 4 nitrogen and oxygen atoms in total. The van der Waals surface area contributed by atoms with Gasteiger partial charge in [-0.15, -0.1) is 0 Å². The Bertz CT molecular complexity index is 514. The number of rotatable bonds is 3. The Morgan fingerprint density at radius 2 is 1.86 bits per heavy atom. The molecule has 4 heteroatoms. The lowest BCUT2D eigenvalue weighted by atomic mass is 9.71. The molecule has 0 bridgehead atoms. The lowest BCUT2D eigenvalue weighted by Crippen LogP contribution is -2.47. The predicted octanol–water partition coefficient (Wildman–Crippen LogP) is 2.23. The molecule has 1 N–H and O–H groups in total. The Labute approximate surface area is 132 Å². The zero-order valence-electron chi connectivity index (χ0n) is 13.4. The van der Waals surface area contributed by atoms with E-state index in [1.165, 1.54) is 12.8 Å². The van der Waals surface area contributed by atoms with Crippen LogP contribution in [0.4, 0.5) is 0 Å². The molecule has 22 heavy (non-hydrogen) atoms. The number of hydrogen-bond acceptors (Lipinski definition) is 3. The van der Waals surface area contributed by atoms with Crippen molar-refractivity contribution in [2.75, 3.05) is 33.3 Å². The lowest BCUT2D eigenvalue weighted by molar-refractivity contribution is -0.133. The van der Waals surface area contributed by atoms with Gasteiger partial charge in [-0.3, -0.25) is 4.79 Å². The van der Waals surface area contributed by atoms with Gasteiger partial charge in [-0.25, -0.2) is 0 Å². The Kier molecular flexibility index (Phi) is 4.67. The van der Waals surface area contributed by atoms with E-state index in [-0.39, 0.29) is 5.91 Å². The van der Waals surface area contributed by atoms with Gasteiger partial charge in [-0.2, -0.15) is 0 Å². The molecule has 0 aliphatic carbocycles. The molecule has 2 saturated heterocycles. The van der Waals surface area contributed by atoms with E-state index in [0.717, 1.165) is 50.3 Å². The number of benzene rings is 1. The van der Waals surface area contributed by atoms with Crippen molar-refractivity contribution in [1.29, 1.82) is 0 Å². The van der Waals surface area contributed by atoms with Gasteiger partial charge in [0.2, 0.25) is 5.91 Å². The minimum atomic E-state index is 0.230. The van der Waals surface area contributed by atoms with E-state index < -0.39 is 0 Å². The van der Waals surface area contributed by atoms with Crippen molar-refractivity contribution in [3.05, 3.63) is 29.8 Å². The van der Waals surface area contributed by atoms with Crippen molar-refractivity contribution in [1.82, 2.24) is 10.2 Å². The summed E-state index contributed by atoms with van der Waals surface area (Å²) in [6.07, 6.45) is 5.29. The fraction of sp³-hybridized carbons (Fsp3) is 0.611. The summed E-state index contributed by atoms with van der Waals surface area (Å²) >= 11 is 0. The van der Waals surface area contributed by atoms with Gasteiger partial charge in [0.15, 0.2) is 0 Å². The van der Waals surface area contributed by atoms with Crippen molar-refractivity contribution >= 4 is 5.91 Å². The number of carbonyl (C=O) groups excluding carboxylic acids is 1. The molecule has 1 amide bonds. The highest BCUT2D eigenvalue weighted by Crippen LogP contribution is 2.39. The SMILES string of the molecule is COc1ccccc1CC(=O)N1CCC2(CCNCC2)CC1. The van der Waals surface area contributed by atoms with Crippen LogP contribution in [0.25, 0.3) is 0 Å². The second-order valence-electron chi connectivity index (χ2n) is 6.62. The van der Waals surface area contributed by atoms with Crippen LogP contribution in [0.3, 0.4) is 0 Å². The first kappa shape index (κ1) is 15.3. The van der Waals surface area contributed by atoms with Crippen molar-refractivity contribution in [2.45, 2.75) is 32.1 Å². The van der Waals surface area contributed by atoms with Crippen LogP contribution in [0, 0.1) is 5.41 Å². The third-order valence-electron chi connectivity index (χ3n) is 5.38. The molecule has 2 aliphatic heterocycles. The predicted molar refractivity (Wildman–Crippen MR) is 87.0 cm³/mol. The van der Waals surface area contributed by atoms with Gasteiger partial charge in [-0.05, 0) is 50.3 Å². The molecule has 2 fully saturated rings. The summed E-state index contributed by atoms with van der Waals surface area (Å²) in [5, 5.41) is 3.44. The standard InChI is InChI=1S/C18H26N2O2/c1-22-16-5-3-2-4-15(16)14-17(21)20-12-8-18(9-13-20)6-10-19-11-7-18/h2-5,19H,6-14H2,1H3. The van der Waals surface area contributed by atoms with E-state index in [2.05, 4.69) is 5.32 Å². The van der Waals surface area contributed by atoms with Crippen LogP contribution in [0.1, 0.15) is 31.2 Å². The number of hydrogen-bond donors (Lipinski definition) is 1. The van der Waals surface area contributed by atoms with Crippen molar-refractivity contribution in [3.63, 3.8) is 0 Å². The molecule has 1 spiro atoms. The average molecular weight is 302 g/mol. The highest BCUT2D eigenvalue weighted by Gasteiger charge is 2.36. The van der Waals surface area contributed by atoms with E-state index >= 15 is 0 Å². The molecule has 0 unspecified atom stereocenters. The van der Waals surface area contributed by atoms with Gasteiger partial charge in [0.05, 0.1) is 13.5 Å². The van der Waals surface area contributed by atoms with Crippen LogP contribution in [-0.4, -0.2) is 44.1 Å². The normalized spacial score (nSPS) is 20.9. The lowest BCUT2D eigenvalue weighted by Gasteiger charge is -2.44. The molecule has 0 radical (unpaired) electrons. The van der Waals surface area contributed by atoms with E-state index in [4.69, 9.17) is 4.74 Å². The monoisotopic (exact) mass is 302 g/mol. The fourth-order valence-electron chi connectivity index (χ4n) is 3.81. The number of nitrogens with one attached hydrogen (secondary N) is 1. The molecule has 2 aliphatic rings. The van der Waals surface area contributed by atoms with Crippen molar-refractivity contribution in [3.8, 4) is 5.75 Å². The van der Waals surface area contributed by atoms with Crippen molar-refractivity contribution < 1.29 is 9.53 Å². The maximum absolute atomic E-state index is 12.6. The Morgan fingerprint density at radius 3 is 2.55 bits per heavy atom. The largest absolute Gasteiger partial charge is 0.496 e. The topological polar surface area (TPSA) is 41.6 Å². The zero-order chi connectivity index (χ0) is 15.4. The summed E-state index contributed by atoms with van der Waals surface area (Å²) in [5.41, 5.74) is 1.48. The Morgan fingerprint density at radius 1 is 1.18 bits per heavy atom. The molecule has 1 aromatic rings. The molecule has 0 saturated carbocycles. The highest BCUT2D eigenvalue weighted by atomic mass is 16.5. The first-order valence-electron chi connectivity index (χ1n) is 8.33. The molecule has 1 aromatic carbocycles. The Balaban J connectivity index is 1.58. The quantitative estimate of drug-likeness (QED) is 0.931. The highest BCUT2D eigenvalue weighted by molar-refractivity contribution is 5.79. The van der Waals surface area contributed by atoms with Crippen LogP contribution in [0.5, 0.6) is 5.75 Å². The molecular formula is C18H26N2O2. The summed E-state index contributed by atoms with van der Waals surface area (Å²) in [6.45, 7) is 4.09. The summed E-state index contributed by atoms with van der Waals surface area (Å²) in [4.78, 5) is 14.6. The molecule has 0 aromatic heterocycles. The van der Waals surface area contributed by atoms with Crippen LogP contribution in [0.2, 0.25) is 0 Å². The van der Waals surface area contributed by atoms with Crippen LogP contribution >= 0.6 is 0 Å². The summed E-state index contributed by atoms with van der Waals surface area (Å²) in [6, 6.07) is 7.80. The second-order valence-corrected chi connectivity index (χ2v) is 6.62. The van der Waals surface area contributed by atoms with E-state index in [1.54, 1.807) is 7.11 Å². The van der Waals surface area contributed by atoms with Gasteiger partial charge in [0.25, 0.3) is 0 Å². The summed E-state index contributed by atoms with van der Waals surface area (Å²) in [5.74, 6) is 1.04. The van der Waals surface area contributed by atoms with Crippen LogP contribution in [0.15, 0.2) is 24.3 Å².